The first-order valence-corrected chi connectivity index (χ1v) is 11.2. The molecule has 4 heteroatoms. The first-order chi connectivity index (χ1) is 13.1. The number of carbonyl (C=O) groups is 2. The Morgan fingerprint density at radius 2 is 1.15 bits per heavy atom. The maximum absolute atomic E-state index is 11.6. The largest absolute Gasteiger partial charge is 0.480 e. The van der Waals surface area contributed by atoms with Crippen LogP contribution < -0.4 is 0 Å². The van der Waals surface area contributed by atoms with Crippen LogP contribution in [0.15, 0.2) is 12.2 Å². The van der Waals surface area contributed by atoms with Gasteiger partial charge in [0.25, 0.3) is 0 Å². The van der Waals surface area contributed by atoms with Crippen molar-refractivity contribution >= 4 is 11.9 Å². The number of amides is 1. The highest BCUT2D eigenvalue weighted by molar-refractivity contribution is 5.89. The zero-order valence-corrected chi connectivity index (χ0v) is 17.9. The van der Waals surface area contributed by atoms with Gasteiger partial charge in [0, 0.05) is 7.05 Å². The molecule has 27 heavy (non-hydrogen) atoms. The summed E-state index contributed by atoms with van der Waals surface area (Å²) in [5.41, 5.74) is 0. The average molecular weight is 382 g/mol. The molecule has 4 nitrogen and oxygen atoms in total. The highest BCUT2D eigenvalue weighted by atomic mass is 16.4. The molecule has 0 saturated carbocycles. The molecule has 0 spiro atoms. The molecule has 1 amide bonds. The number of allylic oxidation sites excluding steroid dienone is 1. The summed E-state index contributed by atoms with van der Waals surface area (Å²) in [4.78, 5) is 23.4. The van der Waals surface area contributed by atoms with Gasteiger partial charge in [0.15, 0.2) is 0 Å². The second-order valence-electron chi connectivity index (χ2n) is 7.73. The third kappa shape index (κ3) is 19.3. The van der Waals surface area contributed by atoms with Crippen molar-refractivity contribution in [1.82, 2.24) is 4.90 Å². The van der Waals surface area contributed by atoms with E-state index in [1.54, 1.807) is 0 Å². The molecule has 0 saturated heterocycles. The number of aliphatic carboxylic acids is 1. The van der Waals surface area contributed by atoms with E-state index < -0.39 is 5.97 Å². The predicted molar refractivity (Wildman–Crippen MR) is 114 cm³/mol. The van der Waals surface area contributed by atoms with Crippen LogP contribution in [0.3, 0.4) is 0 Å². The number of carboxylic acid groups (broad SMARTS) is 1. The minimum Gasteiger partial charge on any atom is -0.480 e. The lowest BCUT2D eigenvalue weighted by molar-refractivity contribution is -0.141. The van der Waals surface area contributed by atoms with Crippen LogP contribution in [0, 0.1) is 0 Å². The summed E-state index contributed by atoms with van der Waals surface area (Å²) >= 11 is 0. The molecular formula is C23H43NO3. The zero-order valence-electron chi connectivity index (χ0n) is 17.9. The molecule has 0 aliphatic rings. The van der Waals surface area contributed by atoms with E-state index in [4.69, 9.17) is 5.11 Å². The maximum Gasteiger partial charge on any atom is 0.323 e. The summed E-state index contributed by atoms with van der Waals surface area (Å²) in [6.45, 7) is 2.02. The van der Waals surface area contributed by atoms with Gasteiger partial charge in [-0.1, -0.05) is 103 Å². The van der Waals surface area contributed by atoms with Gasteiger partial charge in [-0.15, -0.1) is 0 Å². The molecule has 0 bridgehead atoms. The lowest BCUT2D eigenvalue weighted by Gasteiger charge is -2.11. The van der Waals surface area contributed by atoms with E-state index in [0.29, 0.717) is 0 Å². The molecule has 1 N–H and O–H groups in total. The number of rotatable bonds is 19. The minimum atomic E-state index is -0.985. The first kappa shape index (κ1) is 25.7. The molecule has 0 aromatic rings. The van der Waals surface area contributed by atoms with Crippen LogP contribution in [-0.2, 0) is 9.59 Å². The fourth-order valence-electron chi connectivity index (χ4n) is 3.23. The van der Waals surface area contributed by atoms with Crippen molar-refractivity contribution in [3.63, 3.8) is 0 Å². The van der Waals surface area contributed by atoms with Gasteiger partial charge in [-0.25, -0.2) is 0 Å². The fraction of sp³-hybridized carbons (Fsp3) is 0.826. The molecule has 0 heterocycles. The Balaban J connectivity index is 3.28. The Labute approximate surface area is 167 Å². The van der Waals surface area contributed by atoms with Gasteiger partial charge in [0.05, 0.1) is 0 Å². The van der Waals surface area contributed by atoms with Crippen LogP contribution in [-0.4, -0.2) is 35.5 Å². The molecule has 158 valence electrons. The van der Waals surface area contributed by atoms with Crippen LogP contribution in [0.25, 0.3) is 0 Å². The van der Waals surface area contributed by atoms with Crippen molar-refractivity contribution in [3.8, 4) is 0 Å². The van der Waals surface area contributed by atoms with Crippen molar-refractivity contribution in [2.45, 2.75) is 110 Å². The zero-order chi connectivity index (χ0) is 20.2. The summed E-state index contributed by atoms with van der Waals surface area (Å²) < 4.78 is 0. The molecule has 0 aromatic heterocycles. The number of unbranched alkanes of at least 4 members (excludes halogenated alkanes) is 15. The summed E-state index contributed by atoms with van der Waals surface area (Å²) in [5.74, 6) is -1.22. The summed E-state index contributed by atoms with van der Waals surface area (Å²) in [6, 6.07) is 0. The Bertz CT molecular complexity index is 393. The lowest BCUT2D eigenvalue weighted by atomic mass is 10.0. The molecule has 0 rings (SSSR count). The van der Waals surface area contributed by atoms with Gasteiger partial charge in [-0.2, -0.15) is 0 Å². The third-order valence-corrected chi connectivity index (χ3v) is 4.98. The molecule has 0 aromatic carbocycles. The standard InChI is InChI=1S/C23H43NO3/c1-3-4-5-6-7-8-9-10-11-12-13-14-15-16-17-18-19-20-22(25)24(2)21-23(26)27/h19-20H,3-18,21H2,1-2H3,(H,26,27). The normalized spacial score (nSPS) is 11.2. The van der Waals surface area contributed by atoms with E-state index in [9.17, 15) is 9.59 Å². The van der Waals surface area contributed by atoms with E-state index in [1.807, 2.05) is 6.08 Å². The fourth-order valence-corrected chi connectivity index (χ4v) is 3.23. The van der Waals surface area contributed by atoms with Crippen LogP contribution in [0.1, 0.15) is 110 Å². The van der Waals surface area contributed by atoms with E-state index in [-0.39, 0.29) is 12.5 Å². The summed E-state index contributed by atoms with van der Waals surface area (Å²) in [5, 5.41) is 8.64. The van der Waals surface area contributed by atoms with Gasteiger partial charge >= 0.3 is 5.97 Å². The highest BCUT2D eigenvalue weighted by Gasteiger charge is 2.07. The Morgan fingerprint density at radius 3 is 1.56 bits per heavy atom. The van der Waals surface area contributed by atoms with Crippen molar-refractivity contribution in [2.24, 2.45) is 0 Å². The molecule has 0 aliphatic heterocycles. The number of nitrogens with zero attached hydrogens (tertiary/aromatic N) is 1. The number of likely N-dealkylation sites (N-methyl/N-ethyl adjacent to an activating group) is 1. The van der Waals surface area contributed by atoms with Crippen LogP contribution in [0.2, 0.25) is 0 Å². The number of carboxylic acids is 1. The van der Waals surface area contributed by atoms with Crippen molar-refractivity contribution in [2.75, 3.05) is 13.6 Å². The van der Waals surface area contributed by atoms with Gasteiger partial charge in [-0.3, -0.25) is 9.59 Å². The average Bonchev–Trinajstić information content (AvgIpc) is 2.63. The van der Waals surface area contributed by atoms with Crippen molar-refractivity contribution in [1.29, 1.82) is 0 Å². The predicted octanol–water partition coefficient (Wildman–Crippen LogP) is 6.35. The highest BCUT2D eigenvalue weighted by Crippen LogP contribution is 2.13. The second-order valence-corrected chi connectivity index (χ2v) is 7.73. The number of hydrogen-bond donors (Lipinski definition) is 1. The number of carbonyl (C=O) groups excluding carboxylic acids is 1. The lowest BCUT2D eigenvalue weighted by Crippen LogP contribution is -2.30. The van der Waals surface area contributed by atoms with E-state index >= 15 is 0 Å². The van der Waals surface area contributed by atoms with Crippen molar-refractivity contribution in [3.05, 3.63) is 12.2 Å². The van der Waals surface area contributed by atoms with Gasteiger partial charge in [-0.05, 0) is 18.9 Å². The molecule has 0 atom stereocenters. The summed E-state index contributed by atoms with van der Waals surface area (Å²) in [6.07, 6.45) is 24.5. The van der Waals surface area contributed by atoms with Crippen LogP contribution >= 0.6 is 0 Å². The Hall–Kier alpha value is -1.32. The van der Waals surface area contributed by atoms with E-state index in [1.165, 1.54) is 108 Å². The van der Waals surface area contributed by atoms with Crippen LogP contribution in [0.4, 0.5) is 0 Å². The molecular weight excluding hydrogens is 338 g/mol. The molecule has 0 fully saturated rings. The number of hydrogen-bond acceptors (Lipinski definition) is 2. The smallest absolute Gasteiger partial charge is 0.323 e. The monoisotopic (exact) mass is 381 g/mol. The topological polar surface area (TPSA) is 57.6 Å². The van der Waals surface area contributed by atoms with Gasteiger partial charge < -0.3 is 10.0 Å². The van der Waals surface area contributed by atoms with Gasteiger partial charge in [0.2, 0.25) is 5.91 Å². The Kier molecular flexibility index (Phi) is 18.5. The first-order valence-electron chi connectivity index (χ1n) is 11.2. The van der Waals surface area contributed by atoms with Crippen molar-refractivity contribution < 1.29 is 14.7 Å². The Morgan fingerprint density at radius 1 is 0.741 bits per heavy atom. The minimum absolute atomic E-state index is 0.238. The van der Waals surface area contributed by atoms with E-state index in [0.717, 1.165) is 12.8 Å². The van der Waals surface area contributed by atoms with E-state index in [2.05, 4.69) is 6.92 Å². The summed E-state index contributed by atoms with van der Waals surface area (Å²) in [7, 11) is 1.51. The quantitative estimate of drug-likeness (QED) is 0.209. The third-order valence-electron chi connectivity index (χ3n) is 4.98. The van der Waals surface area contributed by atoms with Crippen LogP contribution in [0.5, 0.6) is 0 Å². The SMILES string of the molecule is CCCCCCCCCCCCCCCCCC=CC(=O)N(C)CC(=O)O. The molecule has 0 unspecified atom stereocenters. The molecule has 0 radical (unpaired) electrons. The molecule has 0 aliphatic carbocycles. The maximum atomic E-state index is 11.6. The van der Waals surface area contributed by atoms with Gasteiger partial charge in [0.1, 0.15) is 6.54 Å². The second kappa shape index (κ2) is 19.4.